The SMILES string of the molecule is O=C(O)c1ccc(S(=O)(=O)N2CCC[C@@H]2CO)c(F)c1. The molecule has 1 heterocycles. The van der Waals surface area contributed by atoms with Crippen LogP contribution in [-0.4, -0.2) is 48.1 Å². The Bertz CT molecular complexity index is 631. The van der Waals surface area contributed by atoms with Gasteiger partial charge in [-0.1, -0.05) is 0 Å². The summed E-state index contributed by atoms with van der Waals surface area (Å²) in [7, 11) is -4.07. The maximum atomic E-state index is 13.9. The smallest absolute Gasteiger partial charge is 0.335 e. The molecule has 6 nitrogen and oxygen atoms in total. The van der Waals surface area contributed by atoms with Crippen LogP contribution in [0, 0.1) is 5.82 Å². The highest BCUT2D eigenvalue weighted by molar-refractivity contribution is 7.89. The average molecular weight is 303 g/mol. The Morgan fingerprint density at radius 2 is 2.15 bits per heavy atom. The number of aliphatic hydroxyl groups is 1. The molecule has 1 aromatic rings. The molecule has 1 aliphatic rings. The van der Waals surface area contributed by atoms with Gasteiger partial charge in [0.2, 0.25) is 10.0 Å². The monoisotopic (exact) mass is 303 g/mol. The van der Waals surface area contributed by atoms with E-state index in [4.69, 9.17) is 10.2 Å². The number of benzene rings is 1. The molecule has 1 aromatic carbocycles. The van der Waals surface area contributed by atoms with Crippen molar-refractivity contribution in [1.82, 2.24) is 4.31 Å². The highest BCUT2D eigenvalue weighted by atomic mass is 32.2. The Kier molecular flexibility index (Phi) is 4.07. The van der Waals surface area contributed by atoms with Crippen molar-refractivity contribution < 1.29 is 27.8 Å². The summed E-state index contributed by atoms with van der Waals surface area (Å²) in [4.78, 5) is 10.1. The minimum atomic E-state index is -4.07. The zero-order chi connectivity index (χ0) is 14.9. The zero-order valence-corrected chi connectivity index (χ0v) is 11.3. The van der Waals surface area contributed by atoms with E-state index < -0.39 is 32.7 Å². The number of halogens is 1. The van der Waals surface area contributed by atoms with Crippen LogP contribution in [0.15, 0.2) is 23.1 Å². The minimum Gasteiger partial charge on any atom is -0.478 e. The second-order valence-corrected chi connectivity index (χ2v) is 6.40. The lowest BCUT2D eigenvalue weighted by atomic mass is 10.2. The number of aromatic carboxylic acids is 1. The van der Waals surface area contributed by atoms with Crippen LogP contribution in [-0.2, 0) is 10.0 Å². The summed E-state index contributed by atoms with van der Waals surface area (Å²) in [6.45, 7) is -0.109. The Balaban J connectivity index is 2.42. The molecule has 0 aliphatic carbocycles. The van der Waals surface area contributed by atoms with Crippen molar-refractivity contribution in [2.24, 2.45) is 0 Å². The van der Waals surface area contributed by atoms with E-state index in [9.17, 15) is 17.6 Å². The van der Waals surface area contributed by atoms with Crippen molar-refractivity contribution in [1.29, 1.82) is 0 Å². The van der Waals surface area contributed by atoms with Gasteiger partial charge in [-0.25, -0.2) is 17.6 Å². The van der Waals surface area contributed by atoms with Gasteiger partial charge >= 0.3 is 5.97 Å². The van der Waals surface area contributed by atoms with E-state index in [-0.39, 0.29) is 18.7 Å². The van der Waals surface area contributed by atoms with Crippen LogP contribution in [0.3, 0.4) is 0 Å². The van der Waals surface area contributed by atoms with Gasteiger partial charge in [0.25, 0.3) is 0 Å². The lowest BCUT2D eigenvalue weighted by Crippen LogP contribution is -2.38. The Morgan fingerprint density at radius 1 is 1.45 bits per heavy atom. The van der Waals surface area contributed by atoms with E-state index in [1.54, 1.807) is 0 Å². The van der Waals surface area contributed by atoms with Crippen molar-refractivity contribution >= 4 is 16.0 Å². The quantitative estimate of drug-likeness (QED) is 0.852. The van der Waals surface area contributed by atoms with Gasteiger partial charge in [-0.2, -0.15) is 4.31 Å². The number of hydrogen-bond acceptors (Lipinski definition) is 4. The third-order valence-electron chi connectivity index (χ3n) is 3.30. The Morgan fingerprint density at radius 3 is 2.70 bits per heavy atom. The average Bonchev–Trinajstić information content (AvgIpc) is 2.87. The lowest BCUT2D eigenvalue weighted by molar-refractivity contribution is 0.0696. The molecular weight excluding hydrogens is 289 g/mol. The van der Waals surface area contributed by atoms with E-state index in [2.05, 4.69) is 0 Å². The molecule has 1 fully saturated rings. The number of carbonyl (C=O) groups is 1. The number of carboxylic acids is 1. The van der Waals surface area contributed by atoms with Crippen molar-refractivity contribution in [3.63, 3.8) is 0 Å². The lowest BCUT2D eigenvalue weighted by Gasteiger charge is -2.22. The van der Waals surface area contributed by atoms with Crippen molar-refractivity contribution in [2.75, 3.05) is 13.2 Å². The second kappa shape index (κ2) is 5.47. The third-order valence-corrected chi connectivity index (χ3v) is 5.28. The van der Waals surface area contributed by atoms with E-state index >= 15 is 0 Å². The first-order valence-electron chi connectivity index (χ1n) is 6.03. The van der Waals surface area contributed by atoms with Crippen LogP contribution in [0.1, 0.15) is 23.2 Å². The highest BCUT2D eigenvalue weighted by Crippen LogP contribution is 2.27. The van der Waals surface area contributed by atoms with Gasteiger partial charge in [-0.05, 0) is 31.0 Å². The number of hydrogen-bond donors (Lipinski definition) is 2. The molecule has 0 amide bonds. The fraction of sp³-hybridized carbons (Fsp3) is 0.417. The van der Waals surface area contributed by atoms with Gasteiger partial charge in [0.05, 0.1) is 12.2 Å². The maximum absolute atomic E-state index is 13.9. The van der Waals surface area contributed by atoms with Crippen LogP contribution < -0.4 is 0 Å². The molecule has 0 spiro atoms. The van der Waals surface area contributed by atoms with Crippen molar-refractivity contribution in [3.05, 3.63) is 29.6 Å². The predicted octanol–water partition coefficient (Wildman–Crippen LogP) is 0.669. The number of rotatable bonds is 4. The zero-order valence-electron chi connectivity index (χ0n) is 10.5. The summed E-state index contributed by atoms with van der Waals surface area (Å²) in [5.74, 6) is -2.43. The van der Waals surface area contributed by atoms with Crippen LogP contribution in [0.5, 0.6) is 0 Å². The van der Waals surface area contributed by atoms with Gasteiger partial charge in [0, 0.05) is 12.6 Å². The van der Waals surface area contributed by atoms with Gasteiger partial charge < -0.3 is 10.2 Å². The molecular formula is C12H14FNO5S. The molecule has 0 bridgehead atoms. The predicted molar refractivity (Wildman–Crippen MR) is 67.4 cm³/mol. The number of sulfonamides is 1. The summed E-state index contributed by atoms with van der Waals surface area (Å²) in [6, 6.07) is 2.11. The van der Waals surface area contributed by atoms with Crippen molar-refractivity contribution in [2.45, 2.75) is 23.8 Å². The number of nitrogens with zero attached hydrogens (tertiary/aromatic N) is 1. The number of aliphatic hydroxyl groups excluding tert-OH is 1. The van der Waals surface area contributed by atoms with E-state index in [0.717, 1.165) is 16.4 Å². The molecule has 8 heteroatoms. The molecule has 2 rings (SSSR count). The van der Waals surface area contributed by atoms with Crippen LogP contribution in [0.2, 0.25) is 0 Å². The van der Waals surface area contributed by atoms with Gasteiger partial charge in [0.1, 0.15) is 10.7 Å². The number of carboxylic acid groups (broad SMARTS) is 1. The van der Waals surface area contributed by atoms with Crippen LogP contribution in [0.4, 0.5) is 4.39 Å². The molecule has 1 aliphatic heterocycles. The molecule has 0 unspecified atom stereocenters. The standard InChI is InChI=1S/C12H14FNO5S/c13-10-6-8(12(16)17)3-4-11(10)20(18,19)14-5-1-2-9(14)7-15/h3-4,6,9,15H,1-2,5,7H2,(H,16,17)/t9-/m1/s1. The van der Waals surface area contributed by atoms with Gasteiger partial charge in [-0.3, -0.25) is 0 Å². The first kappa shape index (κ1) is 14.9. The molecule has 0 aromatic heterocycles. The fourth-order valence-corrected chi connectivity index (χ4v) is 4.01. The molecule has 1 atom stereocenters. The van der Waals surface area contributed by atoms with E-state index in [0.29, 0.717) is 18.9 Å². The van der Waals surface area contributed by atoms with Crippen LogP contribution in [0.25, 0.3) is 0 Å². The Labute approximate surface area is 115 Å². The topological polar surface area (TPSA) is 94.9 Å². The van der Waals surface area contributed by atoms with E-state index in [1.165, 1.54) is 0 Å². The maximum Gasteiger partial charge on any atom is 0.335 e. The van der Waals surface area contributed by atoms with Crippen molar-refractivity contribution in [3.8, 4) is 0 Å². The largest absolute Gasteiger partial charge is 0.478 e. The van der Waals surface area contributed by atoms with Crippen LogP contribution >= 0.6 is 0 Å². The molecule has 0 saturated carbocycles. The van der Waals surface area contributed by atoms with Gasteiger partial charge in [-0.15, -0.1) is 0 Å². The first-order chi connectivity index (χ1) is 9.37. The summed E-state index contributed by atoms with van der Waals surface area (Å²) in [5, 5.41) is 17.9. The molecule has 2 N–H and O–H groups in total. The second-order valence-electron chi connectivity index (χ2n) is 4.54. The van der Waals surface area contributed by atoms with E-state index in [1.807, 2.05) is 0 Å². The molecule has 110 valence electrons. The fourth-order valence-electron chi connectivity index (χ4n) is 2.28. The Hall–Kier alpha value is -1.51. The first-order valence-corrected chi connectivity index (χ1v) is 7.47. The molecule has 20 heavy (non-hydrogen) atoms. The summed E-state index contributed by atoms with van der Waals surface area (Å²) >= 11 is 0. The summed E-state index contributed by atoms with van der Waals surface area (Å²) in [6.07, 6.45) is 1.11. The highest BCUT2D eigenvalue weighted by Gasteiger charge is 2.36. The van der Waals surface area contributed by atoms with Gasteiger partial charge in [0.15, 0.2) is 0 Å². The third kappa shape index (κ3) is 2.54. The molecule has 1 saturated heterocycles. The summed E-state index contributed by atoms with van der Waals surface area (Å²) in [5.41, 5.74) is -0.318. The molecule has 0 radical (unpaired) electrons. The normalized spacial score (nSPS) is 20.2. The minimum absolute atomic E-state index is 0.216. The summed E-state index contributed by atoms with van der Waals surface area (Å²) < 4.78 is 39.6.